The Morgan fingerprint density at radius 1 is 0.848 bits per heavy atom. The number of aromatic nitrogens is 5. The molecule has 0 radical (unpaired) electrons. The maximum absolute atomic E-state index is 16.1. The number of pyridine rings is 1. The van der Waals surface area contributed by atoms with Gasteiger partial charge in [-0.05, 0) is 131 Å². The highest BCUT2D eigenvalue weighted by Gasteiger charge is 2.37. The van der Waals surface area contributed by atoms with Crippen molar-refractivity contribution in [2.45, 2.75) is 114 Å². The average molecular weight is 1080 g/mol. The molecular weight excluding hydrogens is 1010 g/mol. The monoisotopic (exact) mass is 1080 g/mol. The largest absolute Gasteiger partial charge is 0.467 e. The Morgan fingerprint density at radius 3 is 2.32 bits per heavy atom. The van der Waals surface area contributed by atoms with Crippen LogP contribution in [0.15, 0.2) is 59.5 Å². The first-order valence-corrected chi connectivity index (χ1v) is 28.2. The van der Waals surface area contributed by atoms with E-state index in [-0.39, 0.29) is 40.8 Å². The normalized spacial score (nSPS) is 23.8. The van der Waals surface area contributed by atoms with Crippen LogP contribution in [0.3, 0.4) is 0 Å². The number of fused-ring (bicyclic) bond motifs is 6. The zero-order chi connectivity index (χ0) is 54.9. The van der Waals surface area contributed by atoms with Crippen LogP contribution in [0.25, 0.3) is 44.0 Å². The van der Waals surface area contributed by atoms with E-state index < -0.39 is 23.6 Å². The molecule has 79 heavy (non-hydrogen) atoms. The predicted molar refractivity (Wildman–Crippen MR) is 298 cm³/mol. The molecule has 7 fully saturated rings. The number of hydrogen-bond acceptors (Lipinski definition) is 13. The number of nitrogens with one attached hydrogen (secondary N) is 2. The Morgan fingerprint density at radius 2 is 1.61 bits per heavy atom. The Labute approximate surface area is 459 Å². The van der Waals surface area contributed by atoms with Gasteiger partial charge >= 0.3 is 11.7 Å². The third-order valence-corrected chi connectivity index (χ3v) is 17.9. The Bertz CT molecular complexity index is 3350. The van der Waals surface area contributed by atoms with Crippen molar-refractivity contribution in [2.24, 2.45) is 18.9 Å². The number of nitrogens with zero attached hydrogens (tertiary/aromatic N) is 9. The van der Waals surface area contributed by atoms with Crippen molar-refractivity contribution in [1.29, 1.82) is 0 Å². The first-order valence-electron chi connectivity index (χ1n) is 28.2. The fourth-order valence-corrected chi connectivity index (χ4v) is 13.8. The van der Waals surface area contributed by atoms with Crippen LogP contribution in [0.5, 0.6) is 6.01 Å². The minimum atomic E-state index is -0.655. The van der Waals surface area contributed by atoms with Gasteiger partial charge in [0.15, 0.2) is 5.82 Å². The van der Waals surface area contributed by atoms with Crippen LogP contribution in [-0.2, 0) is 32.7 Å². The molecule has 2 N–H and O–H groups in total. The van der Waals surface area contributed by atoms with Crippen molar-refractivity contribution < 1.29 is 32.6 Å². The zero-order valence-corrected chi connectivity index (χ0v) is 45.5. The number of carbonyl (C=O) groups is 3. The number of hydrogen-bond donors (Lipinski definition) is 2. The molecule has 5 atom stereocenters. The third kappa shape index (κ3) is 11.0. The van der Waals surface area contributed by atoms with Gasteiger partial charge < -0.3 is 24.6 Å². The lowest BCUT2D eigenvalue weighted by Crippen LogP contribution is -2.51. The van der Waals surface area contributed by atoms with E-state index in [0.717, 1.165) is 125 Å². The second-order valence-electron chi connectivity index (χ2n) is 22.5. The van der Waals surface area contributed by atoms with Crippen molar-refractivity contribution >= 4 is 56.8 Å². The summed E-state index contributed by atoms with van der Waals surface area (Å²) in [7, 11) is 5.00. The van der Waals surface area contributed by atoms with Crippen molar-refractivity contribution in [3.63, 3.8) is 0 Å². The molecule has 7 saturated heterocycles. The molecule has 10 heterocycles. The number of piperidine rings is 3. The van der Waals surface area contributed by atoms with Crippen LogP contribution < -0.4 is 26.0 Å². The summed E-state index contributed by atoms with van der Waals surface area (Å²) in [6, 6.07) is 16.1. The van der Waals surface area contributed by atoms with E-state index >= 15 is 4.39 Å². The number of piperazine rings is 1. The number of amides is 3. The first-order chi connectivity index (χ1) is 38.4. The number of likely N-dealkylation sites (tertiary alicyclic amines) is 2. The number of aryl methyl sites for hydroxylation is 1. The number of carbonyl (C=O) groups excluding carboxylic acids is 3. The molecule has 19 heteroatoms. The fraction of sp³-hybridized carbons (Fsp3) is 0.517. The number of imide groups is 1. The Hall–Kier alpha value is -6.85. The maximum Gasteiger partial charge on any atom is 0.329 e. The van der Waals surface area contributed by atoms with E-state index in [4.69, 9.17) is 15.9 Å². The standard InChI is InChI=1S/C26H21F2N5O.C25H33N5O4.C9H17NO/c1-3-17-20(27)10-7-14-5-4-6-18(21(14)17)23-22(28)24-19(11-29-23)25(32-26(31-24)34-2)33-12-15-8-9-16(13-33)30-15;1-27-22-14-17(2-3-20(22)30(25(27)34)21-4-5-23(32)26-24(21)33)15-28-10-6-18(7-11-28)19-8-12-29(16-31)13-9-19;1-11-7-9-5-4-8-3-2-6-10(8)9/h1,4-7,10-11,15-16,30H,8-9,12-13H2,2H3;2-3,14,16,18-19,21H,4-13,15H2,1H3,(H,26,32,33);8-9H,2-7H2,1H3. The van der Waals surface area contributed by atoms with Crippen molar-refractivity contribution in [3.8, 4) is 29.6 Å². The highest BCUT2D eigenvalue weighted by Crippen LogP contribution is 2.39. The highest BCUT2D eigenvalue weighted by atomic mass is 19.1. The van der Waals surface area contributed by atoms with E-state index in [9.17, 15) is 23.6 Å². The molecule has 3 aromatic heterocycles. The minimum absolute atomic E-state index is 0.0484. The number of ether oxygens (including phenoxy) is 2. The molecule has 0 aliphatic carbocycles. The van der Waals surface area contributed by atoms with Crippen LogP contribution in [0.1, 0.15) is 94.2 Å². The fourth-order valence-electron chi connectivity index (χ4n) is 13.8. The van der Waals surface area contributed by atoms with Gasteiger partial charge in [-0.1, -0.05) is 36.3 Å². The summed E-state index contributed by atoms with van der Waals surface area (Å²) in [5, 5.41) is 7.59. The molecule has 0 spiro atoms. The molecule has 3 amide bonds. The minimum Gasteiger partial charge on any atom is -0.467 e. The van der Waals surface area contributed by atoms with Crippen LogP contribution in [0.2, 0.25) is 0 Å². The second-order valence-corrected chi connectivity index (χ2v) is 22.5. The lowest BCUT2D eigenvalue weighted by molar-refractivity contribution is -0.135. The van der Waals surface area contributed by atoms with Gasteiger partial charge in [0.05, 0.1) is 35.7 Å². The summed E-state index contributed by atoms with van der Waals surface area (Å²) < 4.78 is 44.2. The van der Waals surface area contributed by atoms with Crippen molar-refractivity contribution in [3.05, 3.63) is 88.0 Å². The lowest BCUT2D eigenvalue weighted by Gasteiger charge is -2.39. The smallest absolute Gasteiger partial charge is 0.329 e. The number of rotatable bonds is 10. The Kier molecular flexibility index (Phi) is 16.1. The molecular formula is C60H71F2N11O6. The van der Waals surface area contributed by atoms with E-state index in [1.54, 1.807) is 42.1 Å². The number of benzene rings is 3. The molecule has 6 aromatic rings. The molecule has 13 rings (SSSR count). The number of terminal acetylenes is 1. The van der Waals surface area contributed by atoms with Crippen LogP contribution in [0.4, 0.5) is 14.6 Å². The SMILES string of the molecule is C#Cc1c(F)ccc2cccc(-c3ncc4c(N5CC6CCC(C5)N6)nc(OC)nc4c3F)c12.COCC1CCC2CCCN21.Cn1c(=O)n(C2CCC(=O)NC2=O)c2ccc(CN3CCC(C4CCN(C=O)CC4)CC3)cc21. The average Bonchev–Trinajstić information content (AvgIpc) is 4.35. The third-order valence-electron chi connectivity index (χ3n) is 17.9. The number of anilines is 1. The van der Waals surface area contributed by atoms with Gasteiger partial charge in [0.25, 0.3) is 0 Å². The van der Waals surface area contributed by atoms with Crippen LogP contribution >= 0.6 is 0 Å². The number of methoxy groups -OCH3 is 2. The Balaban J connectivity index is 0.000000140. The van der Waals surface area contributed by atoms with Gasteiger partial charge in [0, 0.05) is 94.6 Å². The molecule has 5 unspecified atom stereocenters. The number of halogens is 2. The van der Waals surface area contributed by atoms with E-state index in [2.05, 4.69) is 52.3 Å². The van der Waals surface area contributed by atoms with E-state index in [1.165, 1.54) is 62.8 Å². The molecule has 0 saturated carbocycles. The zero-order valence-electron chi connectivity index (χ0n) is 45.5. The van der Waals surface area contributed by atoms with Crippen LogP contribution in [0, 0.1) is 35.8 Å². The summed E-state index contributed by atoms with van der Waals surface area (Å²) in [5.74, 6) is 2.63. The van der Waals surface area contributed by atoms with E-state index in [0.29, 0.717) is 46.0 Å². The summed E-state index contributed by atoms with van der Waals surface area (Å²) >= 11 is 0. The molecule has 17 nitrogen and oxygen atoms in total. The van der Waals surface area contributed by atoms with Crippen molar-refractivity contribution in [1.82, 2.24) is 49.4 Å². The first kappa shape index (κ1) is 54.1. The van der Waals surface area contributed by atoms with Crippen LogP contribution in [-0.4, -0.2) is 148 Å². The molecule has 3 aromatic carbocycles. The van der Waals surface area contributed by atoms with Gasteiger partial charge in [-0.3, -0.25) is 43.6 Å². The summed E-state index contributed by atoms with van der Waals surface area (Å²) in [6.07, 6.45) is 21.2. The maximum atomic E-state index is 16.1. The summed E-state index contributed by atoms with van der Waals surface area (Å²) in [5.41, 5.74) is 3.09. The molecule has 7 aliphatic heterocycles. The van der Waals surface area contributed by atoms with Gasteiger partial charge in [-0.25, -0.2) is 13.6 Å². The van der Waals surface area contributed by atoms with E-state index in [1.807, 2.05) is 24.1 Å². The second kappa shape index (κ2) is 23.5. The summed E-state index contributed by atoms with van der Waals surface area (Å²) in [6.45, 7) is 8.54. The molecule has 416 valence electrons. The predicted octanol–water partition coefficient (Wildman–Crippen LogP) is 6.71. The molecule has 7 aliphatic rings. The topological polar surface area (TPSA) is 172 Å². The lowest BCUT2D eigenvalue weighted by atomic mass is 9.79. The van der Waals surface area contributed by atoms with Gasteiger partial charge in [-0.2, -0.15) is 9.97 Å². The van der Waals surface area contributed by atoms with Gasteiger partial charge in [0.1, 0.15) is 28.9 Å². The quantitative estimate of drug-likeness (QED) is 0.0844. The molecule has 2 bridgehead atoms. The van der Waals surface area contributed by atoms with Gasteiger partial charge in [0.2, 0.25) is 18.2 Å². The highest BCUT2D eigenvalue weighted by molar-refractivity contribution is 6.02. The number of imidazole rings is 1. The summed E-state index contributed by atoms with van der Waals surface area (Å²) in [4.78, 5) is 70.4. The van der Waals surface area contributed by atoms with Crippen molar-refractivity contribution in [2.75, 3.05) is 71.5 Å². The van der Waals surface area contributed by atoms with Gasteiger partial charge in [-0.15, -0.1) is 6.42 Å².